The standard InChI is InChI=1S/C17H27NO3S/c1-13-10-16(14-6-8-15(21-4)9-7-14)18(11-13)12-17(2,3)22(5,19)20/h6-9,13,16H,10-12H2,1-5H3/t13-,16+/m0/s1. The van der Waals surface area contributed by atoms with Crippen LogP contribution in [-0.4, -0.2) is 44.5 Å². The van der Waals surface area contributed by atoms with Crippen molar-refractivity contribution in [2.75, 3.05) is 26.5 Å². The lowest BCUT2D eigenvalue weighted by Crippen LogP contribution is -2.43. The molecule has 22 heavy (non-hydrogen) atoms. The molecule has 1 saturated heterocycles. The van der Waals surface area contributed by atoms with Crippen molar-refractivity contribution >= 4 is 9.84 Å². The lowest BCUT2D eigenvalue weighted by Gasteiger charge is -2.32. The normalized spacial score (nSPS) is 23.7. The molecule has 5 heteroatoms. The molecule has 124 valence electrons. The fourth-order valence-corrected chi connectivity index (χ4v) is 3.49. The van der Waals surface area contributed by atoms with Gasteiger partial charge in [0.1, 0.15) is 5.75 Å². The highest BCUT2D eigenvalue weighted by Crippen LogP contribution is 2.37. The molecule has 2 rings (SSSR count). The number of benzene rings is 1. The number of hydrogen-bond donors (Lipinski definition) is 0. The molecular formula is C17H27NO3S. The minimum absolute atomic E-state index is 0.280. The van der Waals surface area contributed by atoms with Crippen LogP contribution in [0.5, 0.6) is 5.75 Å². The minimum atomic E-state index is -3.09. The second-order valence-electron chi connectivity index (χ2n) is 7.09. The van der Waals surface area contributed by atoms with Crippen molar-refractivity contribution in [3.8, 4) is 5.75 Å². The van der Waals surface area contributed by atoms with Crippen LogP contribution >= 0.6 is 0 Å². The van der Waals surface area contributed by atoms with E-state index in [-0.39, 0.29) is 6.04 Å². The van der Waals surface area contributed by atoms with Crippen LogP contribution in [-0.2, 0) is 9.84 Å². The van der Waals surface area contributed by atoms with E-state index in [0.29, 0.717) is 12.5 Å². The van der Waals surface area contributed by atoms with Gasteiger partial charge in [-0.15, -0.1) is 0 Å². The maximum absolute atomic E-state index is 12.0. The molecule has 1 aromatic carbocycles. The molecular weight excluding hydrogens is 298 g/mol. The zero-order chi connectivity index (χ0) is 16.5. The molecule has 1 heterocycles. The molecule has 0 aliphatic carbocycles. The van der Waals surface area contributed by atoms with E-state index in [2.05, 4.69) is 24.0 Å². The molecule has 0 spiro atoms. The highest BCUT2D eigenvalue weighted by Gasteiger charge is 2.38. The Morgan fingerprint density at radius 2 is 1.86 bits per heavy atom. The van der Waals surface area contributed by atoms with Crippen LogP contribution in [0.25, 0.3) is 0 Å². The summed E-state index contributed by atoms with van der Waals surface area (Å²) in [6.07, 6.45) is 2.39. The predicted molar refractivity (Wildman–Crippen MR) is 90.0 cm³/mol. The van der Waals surface area contributed by atoms with E-state index in [1.54, 1.807) is 7.11 Å². The van der Waals surface area contributed by atoms with E-state index in [1.807, 2.05) is 26.0 Å². The Kier molecular flexibility index (Phi) is 4.87. The molecule has 1 aromatic rings. The van der Waals surface area contributed by atoms with Gasteiger partial charge in [0, 0.05) is 25.4 Å². The third-order valence-corrected chi connectivity index (χ3v) is 6.84. The van der Waals surface area contributed by atoms with Gasteiger partial charge in [0.15, 0.2) is 9.84 Å². The number of ether oxygens (including phenoxy) is 1. The van der Waals surface area contributed by atoms with E-state index in [0.717, 1.165) is 18.7 Å². The van der Waals surface area contributed by atoms with Crippen LogP contribution in [0.15, 0.2) is 24.3 Å². The minimum Gasteiger partial charge on any atom is -0.497 e. The zero-order valence-corrected chi connectivity index (χ0v) is 15.0. The highest BCUT2D eigenvalue weighted by atomic mass is 32.2. The van der Waals surface area contributed by atoms with Gasteiger partial charge in [-0.3, -0.25) is 4.90 Å². The van der Waals surface area contributed by atoms with Gasteiger partial charge in [0.25, 0.3) is 0 Å². The third kappa shape index (κ3) is 3.63. The Morgan fingerprint density at radius 3 is 2.36 bits per heavy atom. The molecule has 0 N–H and O–H groups in total. The highest BCUT2D eigenvalue weighted by molar-refractivity contribution is 7.92. The van der Waals surface area contributed by atoms with Gasteiger partial charge in [0.05, 0.1) is 11.9 Å². The number of nitrogens with zero attached hydrogens (tertiary/aromatic N) is 1. The fourth-order valence-electron chi connectivity index (χ4n) is 3.09. The molecule has 0 unspecified atom stereocenters. The molecule has 1 aliphatic rings. The largest absolute Gasteiger partial charge is 0.497 e. The van der Waals surface area contributed by atoms with E-state index >= 15 is 0 Å². The van der Waals surface area contributed by atoms with Crippen LogP contribution < -0.4 is 4.74 Å². The first kappa shape index (κ1) is 17.3. The second kappa shape index (κ2) is 6.20. The number of rotatable bonds is 5. The van der Waals surface area contributed by atoms with Gasteiger partial charge >= 0.3 is 0 Å². The summed E-state index contributed by atoms with van der Waals surface area (Å²) in [6, 6.07) is 8.39. The first-order valence-corrected chi connectivity index (χ1v) is 9.61. The average molecular weight is 325 g/mol. The van der Waals surface area contributed by atoms with Gasteiger partial charge in [-0.25, -0.2) is 8.42 Å². The van der Waals surface area contributed by atoms with E-state index < -0.39 is 14.6 Å². The summed E-state index contributed by atoms with van der Waals surface area (Å²) in [5.74, 6) is 1.42. The number of methoxy groups -OCH3 is 1. The first-order valence-electron chi connectivity index (χ1n) is 7.71. The topological polar surface area (TPSA) is 46.6 Å². The number of sulfone groups is 1. The van der Waals surface area contributed by atoms with E-state index in [4.69, 9.17) is 4.74 Å². The second-order valence-corrected chi connectivity index (χ2v) is 9.74. The lowest BCUT2D eigenvalue weighted by atomic mass is 10.0. The summed E-state index contributed by atoms with van der Waals surface area (Å²) in [7, 11) is -1.42. The van der Waals surface area contributed by atoms with Crippen LogP contribution in [0, 0.1) is 5.92 Å². The van der Waals surface area contributed by atoms with Gasteiger partial charge in [-0.2, -0.15) is 0 Å². The summed E-state index contributed by atoms with van der Waals surface area (Å²) in [4.78, 5) is 2.31. The Balaban J connectivity index is 2.22. The summed E-state index contributed by atoms with van der Waals surface area (Å²) in [6.45, 7) is 7.36. The fraction of sp³-hybridized carbons (Fsp3) is 0.647. The summed E-state index contributed by atoms with van der Waals surface area (Å²) in [5, 5.41) is 0. The molecule has 0 saturated carbocycles. The molecule has 2 atom stereocenters. The van der Waals surface area contributed by atoms with E-state index in [1.165, 1.54) is 11.8 Å². The van der Waals surface area contributed by atoms with Gasteiger partial charge in [-0.05, 0) is 43.9 Å². The number of likely N-dealkylation sites (tertiary alicyclic amines) is 1. The van der Waals surface area contributed by atoms with Crippen LogP contribution in [0.3, 0.4) is 0 Å². The third-order valence-electron chi connectivity index (χ3n) is 4.70. The smallest absolute Gasteiger partial charge is 0.153 e. The summed E-state index contributed by atoms with van der Waals surface area (Å²) in [5.41, 5.74) is 1.23. The Labute approximate surface area is 134 Å². The Morgan fingerprint density at radius 1 is 1.27 bits per heavy atom. The maximum Gasteiger partial charge on any atom is 0.153 e. The molecule has 4 nitrogen and oxygen atoms in total. The van der Waals surface area contributed by atoms with Gasteiger partial charge < -0.3 is 4.74 Å². The zero-order valence-electron chi connectivity index (χ0n) is 14.2. The first-order chi connectivity index (χ1) is 10.1. The summed E-state index contributed by atoms with van der Waals surface area (Å²) >= 11 is 0. The molecule has 0 amide bonds. The Hall–Kier alpha value is -1.07. The maximum atomic E-state index is 12.0. The van der Waals surface area contributed by atoms with E-state index in [9.17, 15) is 8.42 Å². The summed E-state index contributed by atoms with van der Waals surface area (Å²) < 4.78 is 28.5. The predicted octanol–water partition coefficient (Wildman–Crippen LogP) is 2.90. The quantitative estimate of drug-likeness (QED) is 0.835. The van der Waals surface area contributed by atoms with Gasteiger partial charge in [0.2, 0.25) is 0 Å². The molecule has 0 bridgehead atoms. The number of hydrogen-bond acceptors (Lipinski definition) is 4. The van der Waals surface area contributed by atoms with Crippen molar-refractivity contribution in [1.29, 1.82) is 0 Å². The van der Waals surface area contributed by atoms with Crippen molar-refractivity contribution in [2.24, 2.45) is 5.92 Å². The van der Waals surface area contributed by atoms with Crippen molar-refractivity contribution < 1.29 is 13.2 Å². The molecule has 0 radical (unpaired) electrons. The van der Waals surface area contributed by atoms with Gasteiger partial charge in [-0.1, -0.05) is 19.1 Å². The lowest BCUT2D eigenvalue weighted by molar-refractivity contribution is 0.233. The van der Waals surface area contributed by atoms with Crippen LogP contribution in [0.4, 0.5) is 0 Å². The van der Waals surface area contributed by atoms with Crippen molar-refractivity contribution in [3.05, 3.63) is 29.8 Å². The SMILES string of the molecule is COc1ccc([C@H]2C[C@H](C)CN2CC(C)(C)S(C)(=O)=O)cc1. The Bertz CT molecular complexity index is 607. The monoisotopic (exact) mass is 325 g/mol. The molecule has 0 aromatic heterocycles. The van der Waals surface area contributed by atoms with Crippen LogP contribution in [0.2, 0.25) is 0 Å². The van der Waals surface area contributed by atoms with Crippen molar-refractivity contribution in [3.63, 3.8) is 0 Å². The van der Waals surface area contributed by atoms with Crippen molar-refractivity contribution in [2.45, 2.75) is 38.0 Å². The average Bonchev–Trinajstić information content (AvgIpc) is 2.77. The molecule has 1 aliphatic heterocycles. The molecule has 1 fully saturated rings. The van der Waals surface area contributed by atoms with Crippen LogP contribution in [0.1, 0.15) is 38.8 Å². The van der Waals surface area contributed by atoms with Crippen molar-refractivity contribution in [1.82, 2.24) is 4.90 Å².